The predicted octanol–water partition coefficient (Wildman–Crippen LogP) is 2.20. The van der Waals surface area contributed by atoms with Crippen LogP contribution in [0.15, 0.2) is 36.4 Å². The van der Waals surface area contributed by atoms with E-state index in [-0.39, 0.29) is 17.9 Å². The minimum absolute atomic E-state index is 0.0212. The summed E-state index contributed by atoms with van der Waals surface area (Å²) in [7, 11) is 0. The van der Waals surface area contributed by atoms with Gasteiger partial charge in [0.1, 0.15) is 17.9 Å². The SMILES string of the molecule is C#CCOc1cc(C)[n+]([O-])c(C)c1C(=O)Nc1ccccc1. The summed E-state index contributed by atoms with van der Waals surface area (Å²) >= 11 is 0. The minimum Gasteiger partial charge on any atom is -0.618 e. The number of aromatic nitrogens is 1. The van der Waals surface area contributed by atoms with Gasteiger partial charge in [0.2, 0.25) is 5.69 Å². The van der Waals surface area contributed by atoms with Crippen LogP contribution >= 0.6 is 0 Å². The van der Waals surface area contributed by atoms with Gasteiger partial charge >= 0.3 is 0 Å². The van der Waals surface area contributed by atoms with E-state index in [0.29, 0.717) is 21.9 Å². The van der Waals surface area contributed by atoms with Gasteiger partial charge in [0, 0.05) is 25.6 Å². The molecule has 1 aromatic carbocycles. The van der Waals surface area contributed by atoms with Crippen LogP contribution in [0.1, 0.15) is 21.7 Å². The van der Waals surface area contributed by atoms with E-state index in [1.165, 1.54) is 6.07 Å². The van der Waals surface area contributed by atoms with Gasteiger partial charge in [-0.15, -0.1) is 6.42 Å². The summed E-state index contributed by atoms with van der Waals surface area (Å²) in [5.41, 5.74) is 1.51. The Morgan fingerprint density at radius 3 is 2.68 bits per heavy atom. The molecule has 0 aliphatic rings. The molecule has 5 heteroatoms. The molecule has 0 saturated heterocycles. The molecule has 1 aromatic heterocycles. The second-order valence-electron chi connectivity index (χ2n) is 4.72. The standard InChI is InChI=1S/C17H16N2O3/c1-4-10-22-15-11-12(2)19(21)13(3)16(15)17(20)18-14-8-6-5-7-9-14/h1,5-9,11H,10H2,2-3H3,(H,18,20). The van der Waals surface area contributed by atoms with Gasteiger partial charge in [-0.2, -0.15) is 4.73 Å². The summed E-state index contributed by atoms with van der Waals surface area (Å²) in [6.45, 7) is 3.23. The van der Waals surface area contributed by atoms with Crippen LogP contribution in [-0.4, -0.2) is 12.5 Å². The fourth-order valence-corrected chi connectivity index (χ4v) is 2.09. The van der Waals surface area contributed by atoms with Crippen molar-refractivity contribution in [1.82, 2.24) is 0 Å². The van der Waals surface area contributed by atoms with E-state index in [1.807, 2.05) is 6.07 Å². The van der Waals surface area contributed by atoms with Crippen molar-refractivity contribution in [1.29, 1.82) is 0 Å². The molecule has 0 saturated carbocycles. The second-order valence-corrected chi connectivity index (χ2v) is 4.72. The Balaban J connectivity index is 2.41. The number of carbonyl (C=O) groups excluding carboxylic acids is 1. The lowest BCUT2D eigenvalue weighted by molar-refractivity contribution is -0.619. The van der Waals surface area contributed by atoms with E-state index in [4.69, 9.17) is 11.2 Å². The summed E-state index contributed by atoms with van der Waals surface area (Å²) in [6.07, 6.45) is 5.19. The number of ether oxygens (including phenoxy) is 1. The number of pyridine rings is 1. The topological polar surface area (TPSA) is 65.3 Å². The monoisotopic (exact) mass is 296 g/mol. The van der Waals surface area contributed by atoms with Crippen LogP contribution in [0.25, 0.3) is 0 Å². The number of para-hydroxylation sites is 1. The van der Waals surface area contributed by atoms with E-state index in [9.17, 15) is 10.0 Å². The highest BCUT2D eigenvalue weighted by atomic mass is 16.5. The lowest BCUT2D eigenvalue weighted by Gasteiger charge is -2.14. The highest BCUT2D eigenvalue weighted by Gasteiger charge is 2.24. The summed E-state index contributed by atoms with van der Waals surface area (Å²) in [4.78, 5) is 12.5. The quantitative estimate of drug-likeness (QED) is 0.534. The number of nitrogens with zero attached hydrogens (tertiary/aromatic N) is 1. The first-order valence-electron chi connectivity index (χ1n) is 6.71. The first-order valence-corrected chi connectivity index (χ1v) is 6.71. The zero-order valence-corrected chi connectivity index (χ0v) is 12.4. The van der Waals surface area contributed by atoms with Gasteiger partial charge in [-0.1, -0.05) is 24.1 Å². The van der Waals surface area contributed by atoms with Gasteiger partial charge in [-0.25, -0.2) is 0 Å². The maximum atomic E-state index is 12.5. The van der Waals surface area contributed by atoms with Crippen molar-refractivity contribution in [2.24, 2.45) is 0 Å². The summed E-state index contributed by atoms with van der Waals surface area (Å²) in [6, 6.07) is 10.5. The molecule has 1 N–H and O–H groups in total. The Morgan fingerprint density at radius 2 is 2.05 bits per heavy atom. The highest BCUT2D eigenvalue weighted by Crippen LogP contribution is 2.22. The van der Waals surface area contributed by atoms with Crippen molar-refractivity contribution in [3.05, 3.63) is 58.6 Å². The fraction of sp³-hybridized carbons (Fsp3) is 0.176. The van der Waals surface area contributed by atoms with E-state index in [0.717, 1.165) is 0 Å². The van der Waals surface area contributed by atoms with Crippen LogP contribution in [0.4, 0.5) is 5.69 Å². The van der Waals surface area contributed by atoms with Crippen molar-refractivity contribution in [2.45, 2.75) is 13.8 Å². The molecule has 1 amide bonds. The Morgan fingerprint density at radius 1 is 1.36 bits per heavy atom. The van der Waals surface area contributed by atoms with Gasteiger partial charge in [-0.3, -0.25) is 4.79 Å². The average molecular weight is 296 g/mol. The lowest BCUT2D eigenvalue weighted by Crippen LogP contribution is -2.36. The molecule has 5 nitrogen and oxygen atoms in total. The molecular weight excluding hydrogens is 280 g/mol. The van der Waals surface area contributed by atoms with E-state index in [2.05, 4.69) is 11.2 Å². The van der Waals surface area contributed by atoms with Gasteiger partial charge < -0.3 is 15.3 Å². The molecule has 0 unspecified atom stereocenters. The highest BCUT2D eigenvalue weighted by molar-refractivity contribution is 6.06. The molecule has 0 aliphatic heterocycles. The Bertz CT molecular complexity index is 734. The van der Waals surface area contributed by atoms with Crippen LogP contribution in [0.3, 0.4) is 0 Å². The molecule has 0 fully saturated rings. The first kappa shape index (κ1) is 15.4. The van der Waals surface area contributed by atoms with E-state index in [1.54, 1.807) is 38.1 Å². The molecule has 0 spiro atoms. The van der Waals surface area contributed by atoms with Crippen LogP contribution in [0.5, 0.6) is 5.75 Å². The molecule has 0 bridgehead atoms. The molecule has 22 heavy (non-hydrogen) atoms. The predicted molar refractivity (Wildman–Crippen MR) is 83.6 cm³/mol. The molecule has 0 radical (unpaired) electrons. The number of amides is 1. The first-order chi connectivity index (χ1) is 10.5. The number of aryl methyl sites for hydroxylation is 1. The van der Waals surface area contributed by atoms with Crippen molar-refractivity contribution in [3.8, 4) is 18.1 Å². The van der Waals surface area contributed by atoms with Gasteiger partial charge in [0.05, 0.1) is 0 Å². The molecule has 112 valence electrons. The zero-order chi connectivity index (χ0) is 16.1. The molecule has 2 aromatic rings. The summed E-state index contributed by atoms with van der Waals surface area (Å²) in [5.74, 6) is 2.23. The number of nitrogens with one attached hydrogen (secondary N) is 1. The number of hydrogen-bond acceptors (Lipinski definition) is 3. The van der Waals surface area contributed by atoms with Gasteiger partial charge in [0.15, 0.2) is 5.69 Å². The largest absolute Gasteiger partial charge is 0.618 e. The average Bonchev–Trinajstić information content (AvgIpc) is 2.51. The second kappa shape index (κ2) is 6.64. The van der Waals surface area contributed by atoms with E-state index >= 15 is 0 Å². The van der Waals surface area contributed by atoms with Crippen molar-refractivity contribution < 1.29 is 14.3 Å². The molecule has 1 heterocycles. The zero-order valence-electron chi connectivity index (χ0n) is 12.4. The smallest absolute Gasteiger partial charge is 0.265 e. The molecular formula is C17H16N2O3. The van der Waals surface area contributed by atoms with Crippen molar-refractivity contribution >= 4 is 11.6 Å². The van der Waals surface area contributed by atoms with Gasteiger partial charge in [-0.05, 0) is 12.1 Å². The van der Waals surface area contributed by atoms with Crippen molar-refractivity contribution in [3.63, 3.8) is 0 Å². The van der Waals surface area contributed by atoms with Crippen molar-refractivity contribution in [2.75, 3.05) is 11.9 Å². The van der Waals surface area contributed by atoms with E-state index < -0.39 is 5.91 Å². The third-order valence-corrected chi connectivity index (χ3v) is 3.14. The summed E-state index contributed by atoms with van der Waals surface area (Å²) in [5, 5.41) is 14.8. The Labute approximate surface area is 129 Å². The van der Waals surface area contributed by atoms with Crippen LogP contribution in [-0.2, 0) is 0 Å². The van der Waals surface area contributed by atoms with Crippen LogP contribution < -0.4 is 14.8 Å². The third-order valence-electron chi connectivity index (χ3n) is 3.14. The Hall–Kier alpha value is -3.00. The van der Waals surface area contributed by atoms with Crippen LogP contribution in [0.2, 0.25) is 0 Å². The fourth-order valence-electron chi connectivity index (χ4n) is 2.09. The Kier molecular flexibility index (Phi) is 4.64. The van der Waals surface area contributed by atoms with Gasteiger partial charge in [0.25, 0.3) is 5.91 Å². The number of anilines is 1. The lowest BCUT2D eigenvalue weighted by atomic mass is 10.1. The summed E-state index contributed by atoms with van der Waals surface area (Å²) < 4.78 is 6.11. The number of hydrogen-bond donors (Lipinski definition) is 1. The number of rotatable bonds is 4. The number of terminal acetylenes is 1. The molecule has 2 rings (SSSR count). The molecule has 0 aliphatic carbocycles. The minimum atomic E-state index is -0.416. The number of carbonyl (C=O) groups is 1. The van der Waals surface area contributed by atoms with Crippen LogP contribution in [0, 0.1) is 31.4 Å². The maximum absolute atomic E-state index is 12.5. The normalized spacial score (nSPS) is 9.86. The third kappa shape index (κ3) is 3.18. The molecule has 0 atom stereocenters. The maximum Gasteiger partial charge on any atom is 0.265 e. The number of benzene rings is 1.